The molecule has 0 saturated carbocycles. The molecule has 0 bridgehead atoms. The number of hydrogen-bond donors (Lipinski definition) is 1. The third-order valence-corrected chi connectivity index (χ3v) is 5.29. The summed E-state index contributed by atoms with van der Waals surface area (Å²) >= 11 is 0. The molecule has 0 radical (unpaired) electrons. The minimum absolute atomic E-state index is 0.0209. The van der Waals surface area contributed by atoms with E-state index in [4.69, 9.17) is 0 Å². The molecule has 6 nitrogen and oxygen atoms in total. The summed E-state index contributed by atoms with van der Waals surface area (Å²) in [4.78, 5) is 10.0. The Bertz CT molecular complexity index is 557. The lowest BCUT2D eigenvalue weighted by Gasteiger charge is -2.17. The molecule has 0 spiro atoms. The molecule has 0 saturated heterocycles. The van der Waals surface area contributed by atoms with Crippen LogP contribution >= 0.6 is 0 Å². The minimum atomic E-state index is -3.70. The summed E-state index contributed by atoms with van der Waals surface area (Å²) in [5.74, 6) is 0. The van der Waals surface area contributed by atoms with Crippen LogP contribution in [0.5, 0.6) is 0 Å². The first-order valence-electron chi connectivity index (χ1n) is 5.95. The molecule has 2 atom stereocenters. The monoisotopic (exact) mass is 286 g/mol. The van der Waals surface area contributed by atoms with Gasteiger partial charge in [-0.15, -0.1) is 0 Å². The second kappa shape index (κ2) is 6.12. The van der Waals surface area contributed by atoms with E-state index in [1.54, 1.807) is 14.0 Å². The molecule has 1 aromatic carbocycles. The zero-order valence-electron chi connectivity index (χ0n) is 11.2. The number of para-hydroxylation sites is 1. The molecular formula is C12H18N2O4S. The van der Waals surface area contributed by atoms with Crippen molar-refractivity contribution in [3.05, 3.63) is 34.4 Å². The van der Waals surface area contributed by atoms with Crippen molar-refractivity contribution in [3.63, 3.8) is 0 Å². The number of hydrogen-bond acceptors (Lipinski definition) is 5. The number of nitrogens with zero attached hydrogens (tertiary/aromatic N) is 1. The highest BCUT2D eigenvalue weighted by molar-refractivity contribution is 7.92. The Kier molecular flexibility index (Phi) is 5.02. The van der Waals surface area contributed by atoms with Gasteiger partial charge in [0.2, 0.25) is 0 Å². The minimum Gasteiger partial charge on any atom is -0.317 e. The Morgan fingerprint density at radius 2 is 1.89 bits per heavy atom. The summed E-state index contributed by atoms with van der Waals surface area (Å²) in [5, 5.41) is 13.2. The van der Waals surface area contributed by atoms with Gasteiger partial charge in [-0.05, 0) is 33.4 Å². The number of sulfone groups is 1. The van der Waals surface area contributed by atoms with Crippen molar-refractivity contribution >= 4 is 15.5 Å². The lowest BCUT2D eigenvalue weighted by atomic mass is 10.2. The van der Waals surface area contributed by atoms with Crippen LogP contribution in [0.1, 0.15) is 20.3 Å². The van der Waals surface area contributed by atoms with Crippen LogP contribution in [0.3, 0.4) is 0 Å². The van der Waals surface area contributed by atoms with Gasteiger partial charge < -0.3 is 5.32 Å². The van der Waals surface area contributed by atoms with Crippen molar-refractivity contribution in [1.29, 1.82) is 0 Å². The van der Waals surface area contributed by atoms with Crippen LogP contribution in [0.2, 0.25) is 0 Å². The van der Waals surface area contributed by atoms with E-state index in [9.17, 15) is 18.5 Å². The van der Waals surface area contributed by atoms with Crippen molar-refractivity contribution in [2.24, 2.45) is 0 Å². The molecule has 1 N–H and O–H groups in total. The molecule has 1 rings (SSSR count). The number of nitro groups is 1. The highest BCUT2D eigenvalue weighted by Crippen LogP contribution is 2.27. The van der Waals surface area contributed by atoms with Gasteiger partial charge >= 0.3 is 0 Å². The number of nitro benzene ring substituents is 1. The average Bonchev–Trinajstić information content (AvgIpc) is 2.38. The Labute approximate surface area is 112 Å². The fraction of sp³-hybridized carbons (Fsp3) is 0.500. The summed E-state index contributed by atoms with van der Waals surface area (Å²) in [6.45, 7) is 3.44. The van der Waals surface area contributed by atoms with Gasteiger partial charge in [-0.3, -0.25) is 10.1 Å². The molecule has 0 aliphatic rings. The normalized spacial score (nSPS) is 14.9. The van der Waals surface area contributed by atoms with Crippen molar-refractivity contribution in [1.82, 2.24) is 5.32 Å². The van der Waals surface area contributed by atoms with Gasteiger partial charge in [0.05, 0.1) is 10.2 Å². The molecular weight excluding hydrogens is 268 g/mol. The fourth-order valence-corrected chi connectivity index (χ4v) is 3.49. The van der Waals surface area contributed by atoms with Crippen LogP contribution in [0, 0.1) is 10.1 Å². The van der Waals surface area contributed by atoms with E-state index in [0.29, 0.717) is 6.42 Å². The topological polar surface area (TPSA) is 89.3 Å². The third kappa shape index (κ3) is 3.51. The van der Waals surface area contributed by atoms with E-state index in [2.05, 4.69) is 5.32 Å². The summed E-state index contributed by atoms with van der Waals surface area (Å²) in [7, 11) is -1.96. The molecule has 0 aliphatic heterocycles. The van der Waals surface area contributed by atoms with Gasteiger partial charge in [0.25, 0.3) is 5.69 Å². The summed E-state index contributed by atoms with van der Waals surface area (Å²) in [6, 6.07) is 5.47. The Hall–Kier alpha value is -1.47. The van der Waals surface area contributed by atoms with Crippen LogP contribution in [-0.4, -0.2) is 31.7 Å². The van der Waals surface area contributed by atoms with Gasteiger partial charge in [-0.1, -0.05) is 12.1 Å². The number of nitrogens with one attached hydrogen (secondary N) is 1. The predicted octanol–water partition coefficient (Wildman–Crippen LogP) is 1.75. The summed E-state index contributed by atoms with van der Waals surface area (Å²) < 4.78 is 24.8. The van der Waals surface area contributed by atoms with E-state index in [1.165, 1.54) is 24.3 Å². The van der Waals surface area contributed by atoms with Crippen molar-refractivity contribution in [2.45, 2.75) is 36.5 Å². The van der Waals surface area contributed by atoms with Crippen molar-refractivity contribution < 1.29 is 13.3 Å². The first-order valence-corrected chi connectivity index (χ1v) is 7.50. The van der Waals surface area contributed by atoms with Gasteiger partial charge in [-0.2, -0.15) is 0 Å². The van der Waals surface area contributed by atoms with E-state index in [1.807, 2.05) is 6.92 Å². The highest BCUT2D eigenvalue weighted by atomic mass is 32.2. The van der Waals surface area contributed by atoms with E-state index < -0.39 is 20.0 Å². The number of rotatable bonds is 6. The van der Waals surface area contributed by atoms with E-state index in [-0.39, 0.29) is 16.6 Å². The molecule has 1 aromatic rings. The lowest BCUT2D eigenvalue weighted by Crippen LogP contribution is -2.30. The zero-order valence-corrected chi connectivity index (χ0v) is 12.0. The smallest absolute Gasteiger partial charge is 0.287 e. The van der Waals surface area contributed by atoms with Crippen LogP contribution in [0.4, 0.5) is 5.69 Å². The second-order valence-corrected chi connectivity index (χ2v) is 6.84. The summed E-state index contributed by atoms with van der Waals surface area (Å²) in [6.07, 6.45) is 0.394. The van der Waals surface area contributed by atoms with Gasteiger partial charge in [-0.25, -0.2) is 8.42 Å². The highest BCUT2D eigenvalue weighted by Gasteiger charge is 2.30. The maximum Gasteiger partial charge on any atom is 0.287 e. The molecule has 0 aliphatic carbocycles. The van der Waals surface area contributed by atoms with Crippen LogP contribution in [-0.2, 0) is 9.84 Å². The second-order valence-electron chi connectivity index (χ2n) is 4.51. The first-order chi connectivity index (χ1) is 8.80. The quantitative estimate of drug-likeness (QED) is 0.635. The van der Waals surface area contributed by atoms with Gasteiger partial charge in [0.15, 0.2) is 9.84 Å². The molecule has 19 heavy (non-hydrogen) atoms. The van der Waals surface area contributed by atoms with Gasteiger partial charge in [0, 0.05) is 12.1 Å². The van der Waals surface area contributed by atoms with Crippen molar-refractivity contribution in [3.8, 4) is 0 Å². The molecule has 106 valence electrons. The predicted molar refractivity (Wildman–Crippen MR) is 72.9 cm³/mol. The maximum absolute atomic E-state index is 12.4. The standard InChI is InChI=1S/C12H18N2O4S/c1-9(13-3)8-10(2)19(17,18)12-7-5-4-6-11(12)14(15)16/h4-7,9-10,13H,8H2,1-3H3. The Morgan fingerprint density at radius 3 is 2.42 bits per heavy atom. The van der Waals surface area contributed by atoms with Gasteiger partial charge in [0.1, 0.15) is 4.90 Å². The van der Waals surface area contributed by atoms with Crippen LogP contribution in [0.25, 0.3) is 0 Å². The number of benzene rings is 1. The molecule has 0 amide bonds. The van der Waals surface area contributed by atoms with Crippen LogP contribution < -0.4 is 5.32 Å². The first kappa shape index (κ1) is 15.6. The third-order valence-electron chi connectivity index (χ3n) is 3.08. The molecule has 0 fully saturated rings. The largest absolute Gasteiger partial charge is 0.317 e. The van der Waals surface area contributed by atoms with Crippen molar-refractivity contribution in [2.75, 3.05) is 7.05 Å². The molecule has 2 unspecified atom stereocenters. The van der Waals surface area contributed by atoms with Crippen LogP contribution in [0.15, 0.2) is 29.2 Å². The Morgan fingerprint density at radius 1 is 1.32 bits per heavy atom. The average molecular weight is 286 g/mol. The lowest BCUT2D eigenvalue weighted by molar-refractivity contribution is -0.387. The van der Waals surface area contributed by atoms with E-state index >= 15 is 0 Å². The zero-order chi connectivity index (χ0) is 14.6. The SMILES string of the molecule is CNC(C)CC(C)S(=O)(=O)c1ccccc1[N+](=O)[O-]. The molecule has 0 heterocycles. The fourth-order valence-electron chi connectivity index (χ4n) is 1.81. The summed E-state index contributed by atoms with van der Waals surface area (Å²) in [5.41, 5.74) is -0.369. The van der Waals surface area contributed by atoms with E-state index in [0.717, 1.165) is 0 Å². The molecule has 7 heteroatoms. The molecule has 0 aromatic heterocycles. The Balaban J connectivity index is 3.17. The maximum atomic E-state index is 12.4.